The molecule has 0 radical (unpaired) electrons. The van der Waals surface area contributed by atoms with Crippen molar-refractivity contribution < 1.29 is 4.39 Å². The second kappa shape index (κ2) is 5.41. The molecule has 1 aliphatic rings. The third kappa shape index (κ3) is 2.76. The number of fused-ring (bicyclic) bond motifs is 1. The second-order valence-electron chi connectivity index (χ2n) is 4.87. The van der Waals surface area contributed by atoms with Gasteiger partial charge in [0.1, 0.15) is 5.82 Å². The van der Waals surface area contributed by atoms with Crippen LogP contribution in [0.3, 0.4) is 0 Å². The van der Waals surface area contributed by atoms with Gasteiger partial charge in [0.25, 0.3) is 0 Å². The Labute approximate surface area is 112 Å². The molecule has 2 aromatic carbocycles. The summed E-state index contributed by atoms with van der Waals surface area (Å²) >= 11 is 0. The van der Waals surface area contributed by atoms with E-state index in [0.717, 1.165) is 25.2 Å². The molecule has 19 heavy (non-hydrogen) atoms. The van der Waals surface area contributed by atoms with Gasteiger partial charge in [0, 0.05) is 12.2 Å². The molecule has 0 aromatic heterocycles. The van der Waals surface area contributed by atoms with Gasteiger partial charge in [-0.2, -0.15) is 0 Å². The predicted octanol–water partition coefficient (Wildman–Crippen LogP) is 3.47. The van der Waals surface area contributed by atoms with Crippen LogP contribution in [0.4, 0.5) is 10.1 Å². The van der Waals surface area contributed by atoms with E-state index in [1.807, 2.05) is 0 Å². The molecule has 1 unspecified atom stereocenters. The standard InChI is InChI=1S/C16H17FN2/c17-13-5-7-14(8-6-13)19-16-9-10-18-11-12-3-1-2-4-15(12)16/h1-8,16,18-19H,9-11H2. The van der Waals surface area contributed by atoms with Crippen molar-refractivity contribution in [3.63, 3.8) is 0 Å². The lowest BCUT2D eigenvalue weighted by Crippen LogP contribution is -2.15. The quantitative estimate of drug-likeness (QED) is 0.859. The van der Waals surface area contributed by atoms with Crippen molar-refractivity contribution in [1.29, 1.82) is 0 Å². The molecule has 2 aromatic rings. The first-order chi connectivity index (χ1) is 9.33. The maximum absolute atomic E-state index is 12.9. The van der Waals surface area contributed by atoms with Crippen LogP contribution in [0.5, 0.6) is 0 Å². The Morgan fingerprint density at radius 3 is 2.68 bits per heavy atom. The number of nitrogens with one attached hydrogen (secondary N) is 2. The van der Waals surface area contributed by atoms with Crippen LogP contribution < -0.4 is 10.6 Å². The van der Waals surface area contributed by atoms with Gasteiger partial charge >= 0.3 is 0 Å². The normalized spacial score (nSPS) is 18.5. The lowest BCUT2D eigenvalue weighted by atomic mass is 9.99. The third-order valence-electron chi connectivity index (χ3n) is 3.54. The fourth-order valence-corrected chi connectivity index (χ4v) is 2.56. The lowest BCUT2D eigenvalue weighted by Gasteiger charge is -2.20. The highest BCUT2D eigenvalue weighted by atomic mass is 19.1. The van der Waals surface area contributed by atoms with E-state index >= 15 is 0 Å². The molecule has 2 N–H and O–H groups in total. The molecular weight excluding hydrogens is 239 g/mol. The highest BCUT2D eigenvalue weighted by molar-refractivity contribution is 5.46. The number of hydrogen-bond donors (Lipinski definition) is 2. The van der Waals surface area contributed by atoms with Crippen molar-refractivity contribution in [2.75, 3.05) is 11.9 Å². The zero-order valence-corrected chi connectivity index (χ0v) is 10.7. The van der Waals surface area contributed by atoms with Crippen LogP contribution in [0.2, 0.25) is 0 Å². The molecule has 1 atom stereocenters. The van der Waals surface area contributed by atoms with Crippen LogP contribution in [-0.4, -0.2) is 6.54 Å². The lowest BCUT2D eigenvalue weighted by molar-refractivity contribution is 0.626. The van der Waals surface area contributed by atoms with Gasteiger partial charge < -0.3 is 10.6 Å². The van der Waals surface area contributed by atoms with E-state index in [1.54, 1.807) is 12.1 Å². The molecule has 0 fully saturated rings. The Hall–Kier alpha value is -1.87. The minimum atomic E-state index is -0.200. The van der Waals surface area contributed by atoms with Crippen molar-refractivity contribution in [2.45, 2.75) is 19.0 Å². The predicted molar refractivity (Wildman–Crippen MR) is 75.5 cm³/mol. The minimum Gasteiger partial charge on any atom is -0.378 e. The van der Waals surface area contributed by atoms with Crippen LogP contribution in [0.25, 0.3) is 0 Å². The van der Waals surface area contributed by atoms with E-state index < -0.39 is 0 Å². The Kier molecular flexibility index (Phi) is 3.47. The van der Waals surface area contributed by atoms with Crippen LogP contribution in [0.1, 0.15) is 23.6 Å². The van der Waals surface area contributed by atoms with E-state index in [1.165, 1.54) is 23.3 Å². The summed E-state index contributed by atoms with van der Waals surface area (Å²) in [6, 6.07) is 15.3. The maximum atomic E-state index is 12.9. The summed E-state index contributed by atoms with van der Waals surface area (Å²) in [4.78, 5) is 0. The highest BCUT2D eigenvalue weighted by Gasteiger charge is 2.17. The Morgan fingerprint density at radius 2 is 1.84 bits per heavy atom. The summed E-state index contributed by atoms with van der Waals surface area (Å²) < 4.78 is 12.9. The summed E-state index contributed by atoms with van der Waals surface area (Å²) in [6.07, 6.45) is 1.02. The number of anilines is 1. The summed E-state index contributed by atoms with van der Waals surface area (Å²) in [5.41, 5.74) is 3.62. The first-order valence-corrected chi connectivity index (χ1v) is 6.63. The van der Waals surface area contributed by atoms with Crippen molar-refractivity contribution in [1.82, 2.24) is 5.32 Å². The van der Waals surface area contributed by atoms with Gasteiger partial charge in [-0.15, -0.1) is 0 Å². The SMILES string of the molecule is Fc1ccc(NC2CCNCc3ccccc32)cc1. The smallest absolute Gasteiger partial charge is 0.123 e. The van der Waals surface area contributed by atoms with Crippen molar-refractivity contribution in [3.8, 4) is 0 Å². The molecule has 0 spiro atoms. The molecule has 1 aliphatic heterocycles. The van der Waals surface area contributed by atoms with Crippen LogP contribution in [0.15, 0.2) is 48.5 Å². The number of halogens is 1. The molecule has 0 aliphatic carbocycles. The molecular formula is C16H17FN2. The number of rotatable bonds is 2. The average Bonchev–Trinajstić information content (AvgIpc) is 2.64. The minimum absolute atomic E-state index is 0.200. The number of benzene rings is 2. The highest BCUT2D eigenvalue weighted by Crippen LogP contribution is 2.27. The van der Waals surface area contributed by atoms with Crippen LogP contribution in [0, 0.1) is 5.82 Å². The van der Waals surface area contributed by atoms with Gasteiger partial charge in [-0.3, -0.25) is 0 Å². The van der Waals surface area contributed by atoms with Gasteiger partial charge in [-0.1, -0.05) is 24.3 Å². The molecule has 1 heterocycles. The Balaban J connectivity index is 1.86. The first-order valence-electron chi connectivity index (χ1n) is 6.63. The Bertz CT molecular complexity index is 551. The summed E-state index contributed by atoms with van der Waals surface area (Å²) in [6.45, 7) is 1.89. The molecule has 3 rings (SSSR count). The summed E-state index contributed by atoms with van der Waals surface area (Å²) in [5.74, 6) is -0.200. The molecule has 0 saturated carbocycles. The largest absolute Gasteiger partial charge is 0.378 e. The van der Waals surface area contributed by atoms with Gasteiger partial charge in [0.05, 0.1) is 6.04 Å². The molecule has 3 heteroatoms. The molecule has 2 nitrogen and oxygen atoms in total. The molecule has 0 bridgehead atoms. The topological polar surface area (TPSA) is 24.1 Å². The van der Waals surface area contributed by atoms with E-state index in [-0.39, 0.29) is 11.9 Å². The van der Waals surface area contributed by atoms with Gasteiger partial charge in [-0.25, -0.2) is 4.39 Å². The van der Waals surface area contributed by atoms with E-state index in [4.69, 9.17) is 0 Å². The van der Waals surface area contributed by atoms with Gasteiger partial charge in [-0.05, 0) is 48.4 Å². The first kappa shape index (κ1) is 12.2. The van der Waals surface area contributed by atoms with Gasteiger partial charge in [0.15, 0.2) is 0 Å². The van der Waals surface area contributed by atoms with E-state index in [0.29, 0.717) is 0 Å². The zero-order valence-electron chi connectivity index (χ0n) is 10.7. The number of hydrogen-bond acceptors (Lipinski definition) is 2. The summed E-state index contributed by atoms with van der Waals surface area (Å²) in [7, 11) is 0. The van der Waals surface area contributed by atoms with Crippen molar-refractivity contribution >= 4 is 5.69 Å². The second-order valence-corrected chi connectivity index (χ2v) is 4.87. The summed E-state index contributed by atoms with van der Waals surface area (Å²) in [5, 5.41) is 6.93. The molecule has 98 valence electrons. The van der Waals surface area contributed by atoms with E-state index in [9.17, 15) is 4.39 Å². The van der Waals surface area contributed by atoms with Gasteiger partial charge in [0.2, 0.25) is 0 Å². The Morgan fingerprint density at radius 1 is 1.05 bits per heavy atom. The monoisotopic (exact) mass is 256 g/mol. The van der Waals surface area contributed by atoms with Crippen LogP contribution in [-0.2, 0) is 6.54 Å². The zero-order chi connectivity index (χ0) is 13.1. The fourth-order valence-electron chi connectivity index (χ4n) is 2.56. The fraction of sp³-hybridized carbons (Fsp3) is 0.250. The average molecular weight is 256 g/mol. The van der Waals surface area contributed by atoms with E-state index in [2.05, 4.69) is 34.9 Å². The van der Waals surface area contributed by atoms with Crippen molar-refractivity contribution in [3.05, 3.63) is 65.5 Å². The third-order valence-corrected chi connectivity index (χ3v) is 3.54. The maximum Gasteiger partial charge on any atom is 0.123 e. The van der Waals surface area contributed by atoms with Crippen LogP contribution >= 0.6 is 0 Å². The van der Waals surface area contributed by atoms with Crippen molar-refractivity contribution in [2.24, 2.45) is 0 Å². The molecule has 0 amide bonds. The molecule has 0 saturated heterocycles.